The van der Waals surface area contributed by atoms with E-state index >= 15 is 0 Å². The molecule has 1 aromatic carbocycles. The summed E-state index contributed by atoms with van der Waals surface area (Å²) in [4.78, 5) is 0. The first-order valence-electron chi connectivity index (χ1n) is 4.75. The van der Waals surface area contributed by atoms with Gasteiger partial charge in [0.1, 0.15) is 0 Å². The predicted molar refractivity (Wildman–Crippen MR) is 63.0 cm³/mol. The van der Waals surface area contributed by atoms with Crippen molar-refractivity contribution in [3.63, 3.8) is 0 Å². The fraction of sp³-hybridized carbons (Fsp3) is 0.455. The largest absolute Gasteiger partial charge is 0.242 e. The number of benzene rings is 1. The lowest BCUT2D eigenvalue weighted by atomic mass is 9.90. The minimum absolute atomic E-state index is 0.757. The number of rotatable bonds is 1. The second-order valence-electron chi connectivity index (χ2n) is 3.50. The molecule has 1 radical (unpaired) electrons. The van der Waals surface area contributed by atoms with Gasteiger partial charge in [-0.15, -0.1) is 0 Å². The van der Waals surface area contributed by atoms with Crippen LogP contribution in [-0.4, -0.2) is 13.1 Å². The molecule has 0 atom stereocenters. The molecule has 1 aromatic rings. The van der Waals surface area contributed by atoms with Crippen LogP contribution in [0.1, 0.15) is 24.3 Å². The van der Waals surface area contributed by atoms with Gasteiger partial charge in [0.2, 0.25) is 0 Å². The van der Waals surface area contributed by atoms with E-state index in [-0.39, 0.29) is 0 Å². The summed E-state index contributed by atoms with van der Waals surface area (Å²) in [6.07, 6.45) is 2.47. The molecule has 1 fully saturated rings. The molecule has 0 spiro atoms. The van der Waals surface area contributed by atoms with Crippen LogP contribution in [0.5, 0.6) is 0 Å². The maximum atomic E-state index is 4.37. The first-order chi connectivity index (χ1) is 6.36. The second-order valence-corrected chi connectivity index (χ2v) is 4.75. The maximum Gasteiger partial charge on any atom is 0.0139 e. The van der Waals surface area contributed by atoms with Crippen LogP contribution in [0.15, 0.2) is 24.3 Å². The number of halogens is 1. The second kappa shape index (κ2) is 4.42. The van der Waals surface area contributed by atoms with Gasteiger partial charge >= 0.3 is 0 Å². The zero-order chi connectivity index (χ0) is 9.10. The molecule has 0 bridgehead atoms. The summed E-state index contributed by atoms with van der Waals surface area (Å²) in [6, 6.07) is 8.86. The lowest BCUT2D eigenvalue weighted by Gasteiger charge is -2.21. The van der Waals surface area contributed by atoms with Gasteiger partial charge in [-0.05, 0) is 59.0 Å². The highest BCUT2D eigenvalue weighted by molar-refractivity contribution is 14.1. The Labute approximate surface area is 93.1 Å². The topological polar surface area (TPSA) is 14.1 Å². The Hall–Kier alpha value is -0.0900. The van der Waals surface area contributed by atoms with E-state index in [9.17, 15) is 0 Å². The molecule has 69 valence electrons. The molecule has 0 unspecified atom stereocenters. The zero-order valence-electron chi connectivity index (χ0n) is 7.54. The Morgan fingerprint density at radius 2 is 2.00 bits per heavy atom. The fourth-order valence-electron chi connectivity index (χ4n) is 1.84. The number of piperidine rings is 1. The highest BCUT2D eigenvalue weighted by atomic mass is 127. The minimum atomic E-state index is 0.757. The molecule has 0 amide bonds. The van der Waals surface area contributed by atoms with Crippen molar-refractivity contribution in [2.45, 2.75) is 18.8 Å². The summed E-state index contributed by atoms with van der Waals surface area (Å²) in [5.41, 5.74) is 1.50. The Bertz CT molecular complexity index is 279. The van der Waals surface area contributed by atoms with Crippen LogP contribution in [0.4, 0.5) is 0 Å². The van der Waals surface area contributed by atoms with E-state index in [1.165, 1.54) is 22.0 Å². The van der Waals surface area contributed by atoms with Crippen molar-refractivity contribution < 1.29 is 0 Å². The summed E-state index contributed by atoms with van der Waals surface area (Å²) >= 11 is 2.38. The standard InChI is InChI=1S/C11H13IN/c12-11-3-1-2-10(8-11)9-4-6-13-7-5-9/h1-3,8-9H,4-7H2. The van der Waals surface area contributed by atoms with Crippen molar-refractivity contribution in [1.29, 1.82) is 0 Å². The van der Waals surface area contributed by atoms with Gasteiger partial charge < -0.3 is 0 Å². The minimum Gasteiger partial charge on any atom is -0.242 e. The van der Waals surface area contributed by atoms with Crippen LogP contribution in [0.2, 0.25) is 0 Å². The molecule has 2 rings (SSSR count). The summed E-state index contributed by atoms with van der Waals surface area (Å²) in [6.45, 7) is 2.10. The Balaban J connectivity index is 2.14. The van der Waals surface area contributed by atoms with E-state index in [1.807, 2.05) is 0 Å². The van der Waals surface area contributed by atoms with Gasteiger partial charge in [-0.25, -0.2) is 5.32 Å². The first kappa shape index (κ1) is 9.46. The van der Waals surface area contributed by atoms with Crippen LogP contribution < -0.4 is 5.32 Å². The van der Waals surface area contributed by atoms with Gasteiger partial charge in [-0.1, -0.05) is 12.1 Å². The normalized spacial score (nSPS) is 18.8. The predicted octanol–water partition coefficient (Wildman–Crippen LogP) is 2.77. The number of hydrogen-bond acceptors (Lipinski definition) is 0. The molecule has 0 saturated carbocycles. The SMILES string of the molecule is Ic1cccc(C2CC[N]CC2)c1. The van der Waals surface area contributed by atoms with Gasteiger partial charge in [0.15, 0.2) is 0 Å². The third-order valence-corrected chi connectivity index (χ3v) is 3.26. The molecule has 0 aliphatic carbocycles. The molecule has 13 heavy (non-hydrogen) atoms. The molecule has 0 N–H and O–H groups in total. The van der Waals surface area contributed by atoms with Gasteiger partial charge in [0, 0.05) is 16.7 Å². The van der Waals surface area contributed by atoms with Crippen molar-refractivity contribution in [2.75, 3.05) is 13.1 Å². The zero-order valence-corrected chi connectivity index (χ0v) is 9.70. The Kier molecular flexibility index (Phi) is 3.22. The van der Waals surface area contributed by atoms with Crippen molar-refractivity contribution in [2.24, 2.45) is 0 Å². The van der Waals surface area contributed by atoms with Gasteiger partial charge in [-0.2, -0.15) is 0 Å². The molecule has 1 aliphatic rings. The van der Waals surface area contributed by atoms with E-state index in [1.54, 1.807) is 0 Å². The van der Waals surface area contributed by atoms with E-state index in [0.717, 1.165) is 19.0 Å². The van der Waals surface area contributed by atoms with E-state index in [4.69, 9.17) is 0 Å². The van der Waals surface area contributed by atoms with E-state index in [0.29, 0.717) is 0 Å². The third-order valence-electron chi connectivity index (χ3n) is 2.59. The van der Waals surface area contributed by atoms with Crippen molar-refractivity contribution in [3.05, 3.63) is 33.4 Å². The molecular weight excluding hydrogens is 273 g/mol. The summed E-state index contributed by atoms with van der Waals surface area (Å²) in [5, 5.41) is 4.37. The monoisotopic (exact) mass is 286 g/mol. The average Bonchev–Trinajstić information content (AvgIpc) is 2.19. The van der Waals surface area contributed by atoms with Crippen LogP contribution in [0.3, 0.4) is 0 Å². The van der Waals surface area contributed by atoms with E-state index < -0.39 is 0 Å². The van der Waals surface area contributed by atoms with Crippen LogP contribution in [0, 0.1) is 3.57 Å². The quantitative estimate of drug-likeness (QED) is 0.705. The molecule has 1 nitrogen and oxygen atoms in total. The van der Waals surface area contributed by atoms with E-state index in [2.05, 4.69) is 52.2 Å². The van der Waals surface area contributed by atoms with Crippen LogP contribution in [-0.2, 0) is 0 Å². The average molecular weight is 286 g/mol. The molecule has 1 heterocycles. The molecule has 0 aromatic heterocycles. The fourth-order valence-corrected chi connectivity index (χ4v) is 2.41. The molecular formula is C11H13IN. The molecule has 2 heteroatoms. The summed E-state index contributed by atoms with van der Waals surface area (Å²) < 4.78 is 1.35. The van der Waals surface area contributed by atoms with Gasteiger partial charge in [-0.3, -0.25) is 0 Å². The lowest BCUT2D eigenvalue weighted by molar-refractivity contribution is 0.453. The van der Waals surface area contributed by atoms with Gasteiger partial charge in [0.05, 0.1) is 0 Å². The Morgan fingerprint density at radius 3 is 2.69 bits per heavy atom. The summed E-state index contributed by atoms with van der Waals surface area (Å²) in [5.74, 6) is 0.757. The number of hydrogen-bond donors (Lipinski definition) is 0. The maximum absolute atomic E-state index is 4.37. The molecule has 1 aliphatic heterocycles. The van der Waals surface area contributed by atoms with Crippen molar-refractivity contribution >= 4 is 22.6 Å². The van der Waals surface area contributed by atoms with Crippen LogP contribution >= 0.6 is 22.6 Å². The summed E-state index contributed by atoms with van der Waals surface area (Å²) in [7, 11) is 0. The highest BCUT2D eigenvalue weighted by Gasteiger charge is 2.15. The smallest absolute Gasteiger partial charge is 0.0139 e. The number of nitrogens with zero attached hydrogens (tertiary/aromatic N) is 1. The lowest BCUT2D eigenvalue weighted by Crippen LogP contribution is -2.20. The first-order valence-corrected chi connectivity index (χ1v) is 5.83. The highest BCUT2D eigenvalue weighted by Crippen LogP contribution is 2.26. The Morgan fingerprint density at radius 1 is 1.23 bits per heavy atom. The molecule has 1 saturated heterocycles. The van der Waals surface area contributed by atoms with Crippen molar-refractivity contribution in [1.82, 2.24) is 5.32 Å². The van der Waals surface area contributed by atoms with Crippen molar-refractivity contribution in [3.8, 4) is 0 Å². The third kappa shape index (κ3) is 2.44. The van der Waals surface area contributed by atoms with Crippen LogP contribution in [0.25, 0.3) is 0 Å². The van der Waals surface area contributed by atoms with Gasteiger partial charge in [0.25, 0.3) is 0 Å².